The Hall–Kier alpha value is -3.40. The first-order valence-corrected chi connectivity index (χ1v) is 9.33. The van der Waals surface area contributed by atoms with Crippen molar-refractivity contribution in [2.45, 2.75) is 40.3 Å². The Bertz CT molecular complexity index is 970. The van der Waals surface area contributed by atoms with Crippen LogP contribution < -0.4 is 5.32 Å². The number of carbonyl (C=O) groups is 2. The van der Waals surface area contributed by atoms with Crippen LogP contribution in [0.3, 0.4) is 0 Å². The first-order valence-electron chi connectivity index (χ1n) is 9.33. The van der Waals surface area contributed by atoms with Gasteiger partial charge >= 0.3 is 5.97 Å². The lowest BCUT2D eigenvalue weighted by Gasteiger charge is -2.08. The van der Waals surface area contributed by atoms with Crippen molar-refractivity contribution in [2.24, 2.45) is 0 Å². The summed E-state index contributed by atoms with van der Waals surface area (Å²) in [5, 5.41) is 11.8. The van der Waals surface area contributed by atoms with E-state index in [0.29, 0.717) is 5.56 Å². The fraction of sp³-hybridized carbons (Fsp3) is 0.318. The molecule has 1 aromatic heterocycles. The van der Waals surface area contributed by atoms with E-state index < -0.39 is 24.3 Å². The second-order valence-electron chi connectivity index (χ2n) is 6.59. The Kier molecular flexibility index (Phi) is 7.72. The standard InChI is InChI=1S/C22H24FN3O3/c1-4-9-26-15(2)10-18(16(26)3)11-19(12-24)22(28)29-14-21(27)25-13-17-7-5-6-8-20(17)23/h5-8,10-11H,4,9,13-14H2,1-3H3,(H,25,27)/b19-11+. The molecule has 6 nitrogen and oxygen atoms in total. The number of amides is 1. The SMILES string of the molecule is CCCn1c(C)cc(/C=C(\C#N)C(=O)OCC(=O)NCc2ccccc2F)c1C. The lowest BCUT2D eigenvalue weighted by molar-refractivity contribution is -0.144. The van der Waals surface area contributed by atoms with Crippen LogP contribution in [-0.4, -0.2) is 23.1 Å². The molecule has 29 heavy (non-hydrogen) atoms. The number of benzene rings is 1. The third-order valence-electron chi connectivity index (χ3n) is 4.47. The zero-order valence-corrected chi connectivity index (χ0v) is 16.8. The highest BCUT2D eigenvalue weighted by molar-refractivity contribution is 5.99. The van der Waals surface area contributed by atoms with Crippen molar-refractivity contribution < 1.29 is 18.7 Å². The van der Waals surface area contributed by atoms with E-state index in [1.165, 1.54) is 12.1 Å². The van der Waals surface area contributed by atoms with Crippen molar-refractivity contribution in [1.29, 1.82) is 5.26 Å². The number of hydrogen-bond acceptors (Lipinski definition) is 4. The number of hydrogen-bond donors (Lipinski definition) is 1. The molecule has 0 saturated heterocycles. The third-order valence-corrected chi connectivity index (χ3v) is 4.47. The summed E-state index contributed by atoms with van der Waals surface area (Å²) < 4.78 is 20.6. The van der Waals surface area contributed by atoms with E-state index in [0.717, 1.165) is 29.9 Å². The number of nitrogens with one attached hydrogen (secondary N) is 1. The number of rotatable bonds is 8. The monoisotopic (exact) mass is 397 g/mol. The fourth-order valence-corrected chi connectivity index (χ4v) is 2.93. The van der Waals surface area contributed by atoms with Gasteiger partial charge in [0.25, 0.3) is 5.91 Å². The Balaban J connectivity index is 1.97. The predicted octanol–water partition coefficient (Wildman–Crippen LogP) is 3.42. The van der Waals surface area contributed by atoms with Crippen molar-refractivity contribution in [3.63, 3.8) is 0 Å². The molecule has 0 saturated carbocycles. The van der Waals surface area contributed by atoms with E-state index >= 15 is 0 Å². The predicted molar refractivity (Wildman–Crippen MR) is 107 cm³/mol. The van der Waals surface area contributed by atoms with Crippen molar-refractivity contribution in [3.05, 3.63) is 64.2 Å². The van der Waals surface area contributed by atoms with Crippen LogP contribution in [0.25, 0.3) is 6.08 Å². The number of carbonyl (C=O) groups excluding carboxylic acids is 2. The molecule has 1 amide bonds. The molecule has 1 heterocycles. The molecule has 0 radical (unpaired) electrons. The molecule has 1 aromatic carbocycles. The molecule has 0 bridgehead atoms. The Morgan fingerprint density at radius 3 is 2.69 bits per heavy atom. The number of nitriles is 1. The fourth-order valence-electron chi connectivity index (χ4n) is 2.93. The summed E-state index contributed by atoms with van der Waals surface area (Å²) in [6, 6.07) is 9.78. The lowest BCUT2D eigenvalue weighted by atomic mass is 10.1. The average molecular weight is 397 g/mol. The van der Waals surface area contributed by atoms with Crippen LogP contribution >= 0.6 is 0 Å². The van der Waals surface area contributed by atoms with Gasteiger partial charge < -0.3 is 14.6 Å². The molecule has 0 spiro atoms. The lowest BCUT2D eigenvalue weighted by Crippen LogP contribution is -2.28. The number of ether oxygens (including phenoxy) is 1. The highest BCUT2D eigenvalue weighted by atomic mass is 19.1. The number of aryl methyl sites for hydroxylation is 1. The Labute approximate surface area is 169 Å². The van der Waals surface area contributed by atoms with Crippen LogP contribution in [0, 0.1) is 31.0 Å². The van der Waals surface area contributed by atoms with Gasteiger partial charge in [-0.3, -0.25) is 4.79 Å². The maximum absolute atomic E-state index is 13.5. The van der Waals surface area contributed by atoms with Gasteiger partial charge in [-0.2, -0.15) is 5.26 Å². The van der Waals surface area contributed by atoms with Gasteiger partial charge in [-0.1, -0.05) is 25.1 Å². The van der Waals surface area contributed by atoms with Gasteiger partial charge in [0.1, 0.15) is 17.5 Å². The van der Waals surface area contributed by atoms with Crippen LogP contribution in [0.5, 0.6) is 0 Å². The molecule has 0 aliphatic carbocycles. The highest BCUT2D eigenvalue weighted by Crippen LogP contribution is 2.19. The van der Waals surface area contributed by atoms with Crippen molar-refractivity contribution in [3.8, 4) is 6.07 Å². The van der Waals surface area contributed by atoms with Gasteiger partial charge in [-0.15, -0.1) is 0 Å². The largest absolute Gasteiger partial charge is 0.451 e. The third kappa shape index (κ3) is 5.79. The smallest absolute Gasteiger partial charge is 0.349 e. The van der Waals surface area contributed by atoms with E-state index in [9.17, 15) is 19.2 Å². The Morgan fingerprint density at radius 2 is 2.03 bits per heavy atom. The summed E-state index contributed by atoms with van der Waals surface area (Å²) in [5.41, 5.74) is 2.88. The molecule has 152 valence electrons. The molecule has 0 unspecified atom stereocenters. The van der Waals surface area contributed by atoms with Crippen LogP contribution in [-0.2, 0) is 27.4 Å². The maximum Gasteiger partial charge on any atom is 0.349 e. The minimum Gasteiger partial charge on any atom is -0.451 e. The molecule has 7 heteroatoms. The number of halogens is 1. The minimum absolute atomic E-state index is 0.0204. The highest BCUT2D eigenvalue weighted by Gasteiger charge is 2.15. The molecule has 0 aliphatic rings. The van der Waals surface area contributed by atoms with Crippen molar-refractivity contribution >= 4 is 18.0 Å². The Morgan fingerprint density at radius 1 is 1.31 bits per heavy atom. The normalized spacial score (nSPS) is 11.1. The zero-order chi connectivity index (χ0) is 21.4. The summed E-state index contributed by atoms with van der Waals surface area (Å²) >= 11 is 0. The van der Waals surface area contributed by atoms with Crippen LogP contribution in [0.2, 0.25) is 0 Å². The molecular formula is C22H24FN3O3. The molecule has 0 atom stereocenters. The first kappa shape index (κ1) is 21.9. The number of nitrogens with zero attached hydrogens (tertiary/aromatic N) is 2. The second-order valence-corrected chi connectivity index (χ2v) is 6.59. The average Bonchev–Trinajstić information content (AvgIpc) is 2.97. The topological polar surface area (TPSA) is 84.1 Å². The van der Waals surface area contributed by atoms with Gasteiger partial charge in [0.15, 0.2) is 6.61 Å². The molecule has 0 aliphatic heterocycles. The van der Waals surface area contributed by atoms with E-state index in [1.54, 1.807) is 18.2 Å². The molecule has 1 N–H and O–H groups in total. The van der Waals surface area contributed by atoms with Crippen LogP contribution in [0.4, 0.5) is 4.39 Å². The zero-order valence-electron chi connectivity index (χ0n) is 16.8. The maximum atomic E-state index is 13.5. The van der Waals surface area contributed by atoms with Gasteiger partial charge in [-0.05, 0) is 44.0 Å². The molecular weight excluding hydrogens is 373 g/mol. The summed E-state index contributed by atoms with van der Waals surface area (Å²) in [7, 11) is 0. The molecule has 0 fully saturated rings. The number of aromatic nitrogens is 1. The van der Waals surface area contributed by atoms with Gasteiger partial charge in [-0.25, -0.2) is 9.18 Å². The summed E-state index contributed by atoms with van der Waals surface area (Å²) in [6.07, 6.45) is 2.43. The molecule has 2 rings (SSSR count). The van der Waals surface area contributed by atoms with E-state index in [4.69, 9.17) is 4.74 Å². The van der Waals surface area contributed by atoms with E-state index in [-0.39, 0.29) is 12.1 Å². The van der Waals surface area contributed by atoms with E-state index in [1.807, 2.05) is 26.0 Å². The van der Waals surface area contributed by atoms with Crippen LogP contribution in [0.1, 0.15) is 35.9 Å². The van der Waals surface area contributed by atoms with Crippen molar-refractivity contribution in [1.82, 2.24) is 9.88 Å². The van der Waals surface area contributed by atoms with Gasteiger partial charge in [0, 0.05) is 30.0 Å². The minimum atomic E-state index is -0.881. The first-order chi connectivity index (χ1) is 13.9. The summed E-state index contributed by atoms with van der Waals surface area (Å²) in [4.78, 5) is 24.0. The number of esters is 1. The quantitative estimate of drug-likeness (QED) is 0.420. The summed E-state index contributed by atoms with van der Waals surface area (Å²) in [6.45, 7) is 6.23. The van der Waals surface area contributed by atoms with Gasteiger partial charge in [0.2, 0.25) is 0 Å². The molecule has 2 aromatic rings. The van der Waals surface area contributed by atoms with Crippen molar-refractivity contribution in [2.75, 3.05) is 6.61 Å². The van der Waals surface area contributed by atoms with Crippen LogP contribution in [0.15, 0.2) is 35.9 Å². The van der Waals surface area contributed by atoms with E-state index in [2.05, 4.69) is 16.8 Å². The van der Waals surface area contributed by atoms with Gasteiger partial charge in [0.05, 0.1) is 0 Å². The summed E-state index contributed by atoms with van der Waals surface area (Å²) in [5.74, 6) is -1.89. The second kappa shape index (κ2) is 10.2.